The van der Waals surface area contributed by atoms with E-state index in [1.54, 1.807) is 6.20 Å². The highest BCUT2D eigenvalue weighted by atomic mass is 32.2. The van der Waals surface area contributed by atoms with Gasteiger partial charge in [0.15, 0.2) is 5.17 Å². The van der Waals surface area contributed by atoms with Crippen LogP contribution in [0.15, 0.2) is 41.0 Å². The van der Waals surface area contributed by atoms with Crippen molar-refractivity contribution in [2.75, 3.05) is 12.4 Å². The predicted molar refractivity (Wildman–Crippen MR) is 117 cm³/mol. The molecule has 1 fully saturated rings. The number of carbonyl (C=O) groups excluding carboxylic acids is 1. The summed E-state index contributed by atoms with van der Waals surface area (Å²) < 4.78 is 5.71. The Balaban J connectivity index is 1.72. The van der Waals surface area contributed by atoms with E-state index in [1.807, 2.05) is 35.9 Å². The first-order valence-corrected chi connectivity index (χ1v) is 11.2. The Bertz CT molecular complexity index is 1180. The minimum Gasteiger partial charge on any atom is -0.492 e. The minimum absolute atomic E-state index is 0.0355. The van der Waals surface area contributed by atoms with Gasteiger partial charge in [0.05, 0.1) is 24.4 Å². The van der Waals surface area contributed by atoms with Crippen molar-refractivity contribution in [2.24, 2.45) is 4.99 Å². The second-order valence-corrected chi connectivity index (χ2v) is 8.86. The van der Waals surface area contributed by atoms with Crippen molar-refractivity contribution < 1.29 is 9.53 Å². The summed E-state index contributed by atoms with van der Waals surface area (Å²) in [5.74, 6) is 0.882. The molecule has 3 heterocycles. The maximum absolute atomic E-state index is 12.0. The summed E-state index contributed by atoms with van der Waals surface area (Å²) in [6.45, 7) is 2.79. The van der Waals surface area contributed by atoms with Gasteiger partial charge in [-0.2, -0.15) is 5.26 Å². The van der Waals surface area contributed by atoms with Crippen molar-refractivity contribution in [3.8, 4) is 11.8 Å². The number of aliphatic imine (C=N–C) groups is 1. The van der Waals surface area contributed by atoms with Crippen molar-refractivity contribution >= 4 is 49.2 Å². The van der Waals surface area contributed by atoms with Gasteiger partial charge < -0.3 is 10.1 Å². The Morgan fingerprint density at radius 3 is 3.10 bits per heavy atom. The number of nitrogens with one attached hydrogen (secondary N) is 1. The van der Waals surface area contributed by atoms with Gasteiger partial charge in [0.1, 0.15) is 22.4 Å². The Morgan fingerprint density at radius 1 is 1.45 bits per heavy atom. The lowest BCUT2D eigenvalue weighted by molar-refractivity contribution is -0.116. The molecule has 1 atom stereocenters. The second kappa shape index (κ2) is 8.51. The fraction of sp³-hybridized carbons (Fsp3) is 0.200. The van der Waals surface area contributed by atoms with Crippen LogP contribution in [0.25, 0.3) is 10.9 Å². The van der Waals surface area contributed by atoms with Gasteiger partial charge in [-0.15, -0.1) is 21.8 Å². The smallest absolute Gasteiger partial charge is 0.235 e. The van der Waals surface area contributed by atoms with Crippen LogP contribution in [-0.2, 0) is 11.3 Å². The van der Waals surface area contributed by atoms with Gasteiger partial charge in [0.25, 0.3) is 0 Å². The van der Waals surface area contributed by atoms with Gasteiger partial charge in [-0.3, -0.25) is 14.8 Å². The molecule has 1 aliphatic heterocycles. The number of hydrogen-bond acceptors (Lipinski definition) is 7. The van der Waals surface area contributed by atoms with Crippen LogP contribution in [0.4, 0.5) is 0 Å². The normalized spacial score (nSPS) is 17.6. The van der Waals surface area contributed by atoms with Crippen LogP contribution in [0.1, 0.15) is 23.1 Å². The maximum Gasteiger partial charge on any atom is 0.235 e. The first-order chi connectivity index (χ1) is 14.2. The highest BCUT2D eigenvalue weighted by Gasteiger charge is 2.21. The standard InChI is InChI=1S/C20H17N5O2S2/c1-2-27-19-14(8-21)9-23-16-4-3-13(7-15(16)19)11-29-12-17(26)25-20(29)24-10-18-22-5-6-28-18/h3-7,9,11H,2,10,12H2,1H3,(H,24,25,26). The lowest BCUT2D eigenvalue weighted by Crippen LogP contribution is -2.20. The highest BCUT2D eigenvalue weighted by Crippen LogP contribution is 2.30. The molecule has 1 unspecified atom stereocenters. The number of nitriles is 1. The summed E-state index contributed by atoms with van der Waals surface area (Å²) >= 11 is 1.54. The third-order valence-corrected chi connectivity index (χ3v) is 6.77. The SMILES string of the molecule is CCOc1c(C#N)cnc2ccc(/C=S3/CC(=O)NC3=NCc3nccs3)cc12. The minimum atomic E-state index is -0.453. The van der Waals surface area contributed by atoms with Gasteiger partial charge in [-0.05, 0) is 30.0 Å². The fourth-order valence-electron chi connectivity index (χ4n) is 2.92. The zero-order chi connectivity index (χ0) is 20.2. The first-order valence-electron chi connectivity index (χ1n) is 8.91. The molecule has 1 saturated heterocycles. The van der Waals surface area contributed by atoms with E-state index < -0.39 is 10.5 Å². The van der Waals surface area contributed by atoms with Gasteiger partial charge in [-0.1, -0.05) is 6.07 Å². The molecule has 9 heteroatoms. The number of ether oxygens (including phenoxy) is 1. The summed E-state index contributed by atoms with van der Waals surface area (Å²) in [7, 11) is -0.453. The quantitative estimate of drug-likeness (QED) is 0.636. The number of aromatic nitrogens is 2. The third kappa shape index (κ3) is 4.18. The Morgan fingerprint density at radius 2 is 2.34 bits per heavy atom. The molecule has 1 aromatic carbocycles. The average molecular weight is 424 g/mol. The molecule has 1 aliphatic rings. The van der Waals surface area contributed by atoms with Gasteiger partial charge >= 0.3 is 0 Å². The molecular formula is C20H17N5O2S2. The molecule has 0 spiro atoms. The summed E-state index contributed by atoms with van der Waals surface area (Å²) in [6.07, 6.45) is 3.27. The van der Waals surface area contributed by atoms with E-state index in [2.05, 4.69) is 26.3 Å². The van der Waals surface area contributed by atoms with E-state index >= 15 is 0 Å². The first kappa shape index (κ1) is 19.2. The lowest BCUT2D eigenvalue weighted by atomic mass is 10.1. The number of amidine groups is 1. The van der Waals surface area contributed by atoms with E-state index in [9.17, 15) is 10.1 Å². The molecule has 29 heavy (non-hydrogen) atoms. The molecule has 4 rings (SSSR count). The molecule has 146 valence electrons. The molecular weight excluding hydrogens is 406 g/mol. The third-order valence-electron chi connectivity index (χ3n) is 4.15. The number of hydrogen-bond donors (Lipinski definition) is 1. The van der Waals surface area contributed by atoms with E-state index in [-0.39, 0.29) is 5.91 Å². The van der Waals surface area contributed by atoms with Crippen molar-refractivity contribution in [1.29, 1.82) is 5.26 Å². The number of benzene rings is 1. The maximum atomic E-state index is 12.0. The van der Waals surface area contributed by atoms with Gasteiger partial charge in [0, 0.05) is 23.2 Å². The van der Waals surface area contributed by atoms with Crippen LogP contribution in [0.3, 0.4) is 0 Å². The Hall–Kier alpha value is -3.09. The zero-order valence-corrected chi connectivity index (χ0v) is 17.2. The highest BCUT2D eigenvalue weighted by molar-refractivity contribution is 8.29. The molecule has 0 bridgehead atoms. The molecule has 0 saturated carbocycles. The molecule has 2 aromatic heterocycles. The topological polar surface area (TPSA) is 100 Å². The molecule has 0 radical (unpaired) electrons. The number of rotatable bonds is 5. The van der Waals surface area contributed by atoms with Crippen molar-refractivity contribution in [2.45, 2.75) is 13.5 Å². The number of amides is 1. The van der Waals surface area contributed by atoms with E-state index in [1.165, 1.54) is 17.5 Å². The van der Waals surface area contributed by atoms with Crippen LogP contribution in [0.5, 0.6) is 5.75 Å². The van der Waals surface area contributed by atoms with Crippen molar-refractivity contribution in [1.82, 2.24) is 15.3 Å². The van der Waals surface area contributed by atoms with Crippen molar-refractivity contribution in [3.05, 3.63) is 52.1 Å². The van der Waals surface area contributed by atoms with E-state index in [0.717, 1.165) is 21.5 Å². The average Bonchev–Trinajstić information content (AvgIpc) is 3.36. The lowest BCUT2D eigenvalue weighted by Gasteiger charge is -2.10. The Kier molecular flexibility index (Phi) is 5.64. The molecule has 1 amide bonds. The van der Waals surface area contributed by atoms with Gasteiger partial charge in [0.2, 0.25) is 5.91 Å². The second-order valence-electron chi connectivity index (χ2n) is 6.11. The summed E-state index contributed by atoms with van der Waals surface area (Å²) in [5.41, 5.74) is 2.09. The number of thiazole rings is 1. The summed E-state index contributed by atoms with van der Waals surface area (Å²) in [4.78, 5) is 25.1. The van der Waals surface area contributed by atoms with E-state index in [4.69, 9.17) is 4.74 Å². The van der Waals surface area contributed by atoms with Crippen LogP contribution >= 0.6 is 21.8 Å². The van der Waals surface area contributed by atoms with Crippen LogP contribution < -0.4 is 10.1 Å². The van der Waals surface area contributed by atoms with Crippen LogP contribution in [0.2, 0.25) is 0 Å². The number of nitrogens with zero attached hydrogens (tertiary/aromatic N) is 4. The van der Waals surface area contributed by atoms with E-state index in [0.29, 0.717) is 35.4 Å². The molecule has 1 N–H and O–H groups in total. The summed E-state index contributed by atoms with van der Waals surface area (Å²) in [5, 5.41) is 18.5. The molecule has 7 nitrogen and oxygen atoms in total. The van der Waals surface area contributed by atoms with Crippen LogP contribution in [0, 0.1) is 11.3 Å². The van der Waals surface area contributed by atoms with Gasteiger partial charge in [-0.25, -0.2) is 4.98 Å². The predicted octanol–water partition coefficient (Wildman–Crippen LogP) is 3.07. The molecule has 3 aromatic rings. The monoisotopic (exact) mass is 423 g/mol. The summed E-state index contributed by atoms with van der Waals surface area (Å²) in [6, 6.07) is 7.92. The number of carbonyl (C=O) groups is 1. The number of pyridine rings is 1. The molecule has 0 aliphatic carbocycles. The fourth-order valence-corrected chi connectivity index (χ4v) is 5.10. The Labute approximate surface area is 174 Å². The van der Waals surface area contributed by atoms with Crippen LogP contribution in [-0.4, -0.2) is 38.8 Å². The largest absolute Gasteiger partial charge is 0.492 e. The number of fused-ring (bicyclic) bond motifs is 1. The van der Waals surface area contributed by atoms with Crippen molar-refractivity contribution in [3.63, 3.8) is 0 Å². The zero-order valence-electron chi connectivity index (χ0n) is 15.6.